The van der Waals surface area contributed by atoms with Gasteiger partial charge in [-0.2, -0.15) is 0 Å². The van der Waals surface area contributed by atoms with E-state index in [1.165, 1.54) is 18.7 Å². The summed E-state index contributed by atoms with van der Waals surface area (Å²) in [5.74, 6) is -0.167. The summed E-state index contributed by atoms with van der Waals surface area (Å²) < 4.78 is 0. The average molecular weight is 415 g/mol. The zero-order valence-electron chi connectivity index (χ0n) is 18.2. The molecule has 7 nitrogen and oxygen atoms in total. The number of rotatable bonds is 5. The number of aromatic nitrogens is 2. The maximum absolute atomic E-state index is 12.6. The largest absolute Gasteiger partial charge is 0.392 e. The molecule has 3 aliphatic carbocycles. The molecular formula is C23H34N4O3. The first kappa shape index (κ1) is 21.2. The van der Waals surface area contributed by atoms with Crippen LogP contribution in [-0.2, 0) is 4.79 Å². The van der Waals surface area contributed by atoms with E-state index < -0.39 is 6.10 Å². The highest BCUT2D eigenvalue weighted by atomic mass is 16.3. The van der Waals surface area contributed by atoms with Crippen LogP contribution in [0.4, 0.5) is 0 Å². The summed E-state index contributed by atoms with van der Waals surface area (Å²) in [5, 5.41) is 17.7. The molecule has 2 amide bonds. The van der Waals surface area contributed by atoms with Gasteiger partial charge >= 0.3 is 0 Å². The van der Waals surface area contributed by atoms with Crippen LogP contribution in [-0.4, -0.2) is 45.1 Å². The number of carbonyl (C=O) groups is 2. The highest BCUT2D eigenvalue weighted by molar-refractivity contribution is 5.93. The molecule has 30 heavy (non-hydrogen) atoms. The van der Waals surface area contributed by atoms with Gasteiger partial charge in [-0.1, -0.05) is 20.8 Å². The lowest BCUT2D eigenvalue weighted by Gasteiger charge is -2.56. The quantitative estimate of drug-likeness (QED) is 0.686. The number of nitrogens with one attached hydrogen (secondary N) is 2. The van der Waals surface area contributed by atoms with Gasteiger partial charge in [0.1, 0.15) is 6.33 Å². The second-order valence-electron chi connectivity index (χ2n) is 10.0. The SMILES string of the molecule is CC(C(=O)NC1CC1)C1CCC2(C)CCC(NC(=O)c3cncnc3)C(C)C2C1O. The van der Waals surface area contributed by atoms with Crippen LogP contribution < -0.4 is 10.6 Å². The van der Waals surface area contributed by atoms with E-state index in [0.717, 1.165) is 38.5 Å². The second-order valence-corrected chi connectivity index (χ2v) is 10.0. The van der Waals surface area contributed by atoms with Crippen LogP contribution in [0.25, 0.3) is 0 Å². The molecule has 7 atom stereocenters. The van der Waals surface area contributed by atoms with Gasteiger partial charge in [0, 0.05) is 30.4 Å². The van der Waals surface area contributed by atoms with Crippen molar-refractivity contribution in [2.45, 2.75) is 77.5 Å². The van der Waals surface area contributed by atoms with Crippen LogP contribution in [0, 0.1) is 29.1 Å². The minimum absolute atomic E-state index is 0.0141. The number of carbonyl (C=O) groups excluding carboxylic acids is 2. The molecule has 0 saturated heterocycles. The summed E-state index contributed by atoms with van der Waals surface area (Å²) in [6.07, 6.45) is 9.78. The van der Waals surface area contributed by atoms with Gasteiger partial charge in [0.25, 0.3) is 5.91 Å². The van der Waals surface area contributed by atoms with Gasteiger partial charge < -0.3 is 15.7 Å². The molecule has 3 aliphatic rings. The van der Waals surface area contributed by atoms with E-state index in [1.54, 1.807) is 0 Å². The van der Waals surface area contributed by atoms with Gasteiger partial charge in [-0.05, 0) is 61.7 Å². The third kappa shape index (κ3) is 4.09. The number of fused-ring (bicyclic) bond motifs is 1. The van der Waals surface area contributed by atoms with Crippen molar-refractivity contribution in [3.63, 3.8) is 0 Å². The van der Waals surface area contributed by atoms with Crippen LogP contribution in [0.2, 0.25) is 0 Å². The number of amides is 2. The van der Waals surface area contributed by atoms with E-state index in [4.69, 9.17) is 0 Å². The topological polar surface area (TPSA) is 104 Å². The van der Waals surface area contributed by atoms with Gasteiger partial charge in [-0.15, -0.1) is 0 Å². The molecule has 0 radical (unpaired) electrons. The Morgan fingerprint density at radius 2 is 1.80 bits per heavy atom. The molecule has 0 aromatic carbocycles. The van der Waals surface area contributed by atoms with Crippen molar-refractivity contribution in [3.05, 3.63) is 24.3 Å². The number of hydrogen-bond acceptors (Lipinski definition) is 5. The van der Waals surface area contributed by atoms with Crippen molar-refractivity contribution in [1.29, 1.82) is 0 Å². The summed E-state index contributed by atoms with van der Waals surface area (Å²) >= 11 is 0. The molecule has 3 N–H and O–H groups in total. The van der Waals surface area contributed by atoms with E-state index >= 15 is 0 Å². The van der Waals surface area contributed by atoms with Crippen LogP contribution >= 0.6 is 0 Å². The lowest BCUT2D eigenvalue weighted by molar-refractivity contribution is -0.142. The third-order valence-corrected chi connectivity index (χ3v) is 8.01. The van der Waals surface area contributed by atoms with Crippen molar-refractivity contribution in [2.75, 3.05) is 0 Å². The molecule has 0 bridgehead atoms. The molecule has 7 heteroatoms. The van der Waals surface area contributed by atoms with Gasteiger partial charge in [0.15, 0.2) is 0 Å². The molecule has 1 aromatic rings. The Bertz CT molecular complexity index is 784. The van der Waals surface area contributed by atoms with Crippen molar-refractivity contribution in [1.82, 2.24) is 20.6 Å². The molecule has 4 rings (SSSR count). The van der Waals surface area contributed by atoms with Crippen molar-refractivity contribution >= 4 is 11.8 Å². The zero-order chi connectivity index (χ0) is 21.5. The first-order valence-electron chi connectivity index (χ1n) is 11.3. The highest BCUT2D eigenvalue weighted by Gasteiger charge is 2.54. The first-order valence-corrected chi connectivity index (χ1v) is 11.3. The fraction of sp³-hybridized carbons (Fsp3) is 0.739. The Morgan fingerprint density at radius 1 is 1.13 bits per heavy atom. The zero-order valence-corrected chi connectivity index (χ0v) is 18.2. The third-order valence-electron chi connectivity index (χ3n) is 8.01. The van der Waals surface area contributed by atoms with Gasteiger partial charge in [-0.3, -0.25) is 9.59 Å². The van der Waals surface area contributed by atoms with Gasteiger partial charge in [-0.25, -0.2) is 9.97 Å². The smallest absolute Gasteiger partial charge is 0.254 e. The number of nitrogens with zero attached hydrogens (tertiary/aromatic N) is 2. The Balaban J connectivity index is 1.46. The van der Waals surface area contributed by atoms with Crippen LogP contribution in [0.1, 0.15) is 69.7 Å². The minimum atomic E-state index is -0.543. The Hall–Kier alpha value is -2.02. The van der Waals surface area contributed by atoms with E-state index in [2.05, 4.69) is 34.4 Å². The Morgan fingerprint density at radius 3 is 2.47 bits per heavy atom. The van der Waals surface area contributed by atoms with E-state index in [9.17, 15) is 14.7 Å². The molecule has 3 saturated carbocycles. The summed E-state index contributed by atoms with van der Waals surface area (Å²) in [4.78, 5) is 33.1. The number of aliphatic hydroxyl groups excluding tert-OH is 1. The van der Waals surface area contributed by atoms with Crippen LogP contribution in [0.3, 0.4) is 0 Å². The number of hydrogen-bond donors (Lipinski definition) is 3. The lowest BCUT2D eigenvalue weighted by atomic mass is 9.51. The summed E-state index contributed by atoms with van der Waals surface area (Å²) in [6, 6.07) is 0.320. The highest BCUT2D eigenvalue weighted by Crippen LogP contribution is 2.55. The van der Waals surface area contributed by atoms with E-state index in [0.29, 0.717) is 11.6 Å². The standard InChI is InChI=1S/C23H34N4O3/c1-13(21(29)26-16-4-5-16)17-6-8-23(3)9-7-18(14(2)19(23)20(17)28)27-22(30)15-10-24-12-25-11-15/h10-14,16-20,28H,4-9H2,1-3H3,(H,26,29)(H,27,30). The Labute approximate surface area is 178 Å². The fourth-order valence-corrected chi connectivity index (χ4v) is 5.92. The molecule has 0 aliphatic heterocycles. The average Bonchev–Trinajstić information content (AvgIpc) is 3.54. The maximum atomic E-state index is 12.6. The van der Waals surface area contributed by atoms with Gasteiger partial charge in [0.2, 0.25) is 5.91 Å². The predicted molar refractivity (Wildman–Crippen MR) is 112 cm³/mol. The molecule has 1 heterocycles. The van der Waals surface area contributed by atoms with Crippen molar-refractivity contribution in [3.8, 4) is 0 Å². The molecule has 0 spiro atoms. The molecule has 7 unspecified atom stereocenters. The molecule has 1 aromatic heterocycles. The Kier molecular flexibility index (Phi) is 5.84. The van der Waals surface area contributed by atoms with E-state index in [-0.39, 0.29) is 46.9 Å². The molecular weight excluding hydrogens is 380 g/mol. The van der Waals surface area contributed by atoms with Crippen LogP contribution in [0.5, 0.6) is 0 Å². The normalized spacial score (nSPS) is 37.0. The summed E-state index contributed by atoms with van der Waals surface area (Å²) in [6.45, 7) is 6.36. The van der Waals surface area contributed by atoms with Crippen molar-refractivity contribution in [2.24, 2.45) is 29.1 Å². The second kappa shape index (κ2) is 8.25. The van der Waals surface area contributed by atoms with Crippen molar-refractivity contribution < 1.29 is 14.7 Å². The first-order chi connectivity index (χ1) is 14.3. The molecule has 164 valence electrons. The lowest BCUT2D eigenvalue weighted by Crippen LogP contribution is -2.58. The fourth-order valence-electron chi connectivity index (χ4n) is 5.92. The van der Waals surface area contributed by atoms with Gasteiger partial charge in [0.05, 0.1) is 11.7 Å². The number of aliphatic hydroxyl groups is 1. The predicted octanol–water partition coefficient (Wildman–Crippen LogP) is 2.31. The maximum Gasteiger partial charge on any atom is 0.254 e. The van der Waals surface area contributed by atoms with Crippen LogP contribution in [0.15, 0.2) is 18.7 Å². The summed E-state index contributed by atoms with van der Waals surface area (Å²) in [5.41, 5.74) is 0.490. The molecule has 3 fully saturated rings. The minimum Gasteiger partial charge on any atom is -0.392 e. The summed E-state index contributed by atoms with van der Waals surface area (Å²) in [7, 11) is 0. The monoisotopic (exact) mass is 414 g/mol. The van der Waals surface area contributed by atoms with E-state index in [1.807, 2.05) is 6.92 Å².